The minimum Gasteiger partial charge on any atom is -0.343 e. The average molecular weight is 302 g/mol. The van der Waals surface area contributed by atoms with Crippen molar-refractivity contribution in [3.05, 3.63) is 0 Å². The summed E-state index contributed by atoms with van der Waals surface area (Å²) in [6.45, 7) is 5.63. The Labute approximate surface area is 119 Å². The number of rotatable bonds is 3. The molecule has 7 heteroatoms. The number of carbonyl (C=O) groups excluding carboxylic acids is 2. The molecule has 0 aliphatic carbocycles. The van der Waals surface area contributed by atoms with Crippen LogP contribution in [0, 0.1) is 5.92 Å². The molecular weight excluding hydrogens is 280 g/mol. The lowest BCUT2D eigenvalue weighted by Crippen LogP contribution is -2.65. The van der Waals surface area contributed by atoms with Crippen LogP contribution in [0.15, 0.2) is 0 Å². The zero-order valence-electron chi connectivity index (χ0n) is 12.1. The first-order chi connectivity index (χ1) is 9.21. The van der Waals surface area contributed by atoms with Gasteiger partial charge in [-0.25, -0.2) is 8.42 Å². The number of amides is 2. The van der Waals surface area contributed by atoms with Gasteiger partial charge in [-0.1, -0.05) is 13.8 Å². The van der Waals surface area contributed by atoms with Crippen LogP contribution in [0.4, 0.5) is 0 Å². The topological polar surface area (TPSA) is 83.6 Å². The van der Waals surface area contributed by atoms with Gasteiger partial charge in [-0.15, -0.1) is 0 Å². The highest BCUT2D eigenvalue weighted by molar-refractivity contribution is 7.91. The summed E-state index contributed by atoms with van der Waals surface area (Å²) >= 11 is 0. The SMILES string of the molecule is CC(C)CC1NC(=O)C(C)N(C2CCS(=O)(=O)C2)C1=O. The molecule has 0 bridgehead atoms. The zero-order chi connectivity index (χ0) is 15.1. The van der Waals surface area contributed by atoms with Gasteiger partial charge in [0.15, 0.2) is 9.84 Å². The van der Waals surface area contributed by atoms with E-state index in [0.717, 1.165) is 0 Å². The number of carbonyl (C=O) groups is 2. The maximum absolute atomic E-state index is 12.5. The Balaban J connectivity index is 2.20. The quantitative estimate of drug-likeness (QED) is 0.791. The summed E-state index contributed by atoms with van der Waals surface area (Å²) in [5.74, 6) is 0.0225. The van der Waals surface area contributed by atoms with E-state index in [1.54, 1.807) is 6.92 Å². The summed E-state index contributed by atoms with van der Waals surface area (Å²) in [6, 6.07) is -1.48. The van der Waals surface area contributed by atoms with Gasteiger partial charge >= 0.3 is 0 Å². The molecule has 2 heterocycles. The molecule has 3 unspecified atom stereocenters. The third-order valence-electron chi connectivity index (χ3n) is 3.97. The van der Waals surface area contributed by atoms with E-state index < -0.39 is 21.9 Å². The van der Waals surface area contributed by atoms with Crippen LogP contribution in [-0.2, 0) is 19.4 Å². The molecule has 0 aromatic rings. The normalized spacial score (nSPS) is 33.6. The molecule has 3 atom stereocenters. The van der Waals surface area contributed by atoms with Crippen LogP contribution in [0.3, 0.4) is 0 Å². The largest absolute Gasteiger partial charge is 0.343 e. The van der Waals surface area contributed by atoms with Gasteiger partial charge in [0.1, 0.15) is 12.1 Å². The van der Waals surface area contributed by atoms with Crippen molar-refractivity contribution < 1.29 is 18.0 Å². The highest BCUT2D eigenvalue weighted by atomic mass is 32.2. The van der Waals surface area contributed by atoms with Gasteiger partial charge in [0.2, 0.25) is 11.8 Å². The van der Waals surface area contributed by atoms with E-state index in [9.17, 15) is 18.0 Å². The highest BCUT2D eigenvalue weighted by Gasteiger charge is 2.44. The second kappa shape index (κ2) is 5.35. The first kappa shape index (κ1) is 15.3. The van der Waals surface area contributed by atoms with E-state index in [1.807, 2.05) is 13.8 Å². The highest BCUT2D eigenvalue weighted by Crippen LogP contribution is 2.24. The lowest BCUT2D eigenvalue weighted by Gasteiger charge is -2.41. The van der Waals surface area contributed by atoms with Crippen molar-refractivity contribution in [2.75, 3.05) is 11.5 Å². The Morgan fingerprint density at radius 2 is 2.00 bits per heavy atom. The standard InChI is InChI=1S/C13H22N2O4S/c1-8(2)6-11-13(17)15(9(3)12(16)14-11)10-4-5-20(18,19)7-10/h8-11H,4-7H2,1-3H3,(H,14,16). The summed E-state index contributed by atoms with van der Waals surface area (Å²) in [5.41, 5.74) is 0. The van der Waals surface area contributed by atoms with E-state index in [4.69, 9.17) is 0 Å². The number of hydrogen-bond donors (Lipinski definition) is 1. The van der Waals surface area contributed by atoms with Crippen LogP contribution >= 0.6 is 0 Å². The minimum absolute atomic E-state index is 0.0231. The summed E-state index contributed by atoms with van der Waals surface area (Å²) in [6.07, 6.45) is 1.01. The second-order valence-electron chi connectivity index (χ2n) is 6.17. The molecule has 2 saturated heterocycles. The van der Waals surface area contributed by atoms with E-state index in [-0.39, 0.29) is 35.3 Å². The molecule has 0 spiro atoms. The fourth-order valence-corrected chi connectivity index (χ4v) is 4.68. The molecule has 0 aromatic carbocycles. The lowest BCUT2D eigenvalue weighted by molar-refractivity contribution is -0.151. The summed E-state index contributed by atoms with van der Waals surface area (Å²) in [5, 5.41) is 2.74. The lowest BCUT2D eigenvalue weighted by atomic mass is 9.97. The van der Waals surface area contributed by atoms with E-state index >= 15 is 0 Å². The van der Waals surface area contributed by atoms with Gasteiger partial charge in [0.25, 0.3) is 0 Å². The van der Waals surface area contributed by atoms with Gasteiger partial charge in [0, 0.05) is 6.04 Å². The first-order valence-electron chi connectivity index (χ1n) is 7.04. The van der Waals surface area contributed by atoms with Gasteiger partial charge in [-0.05, 0) is 25.7 Å². The Hall–Kier alpha value is -1.11. The van der Waals surface area contributed by atoms with Gasteiger partial charge in [-0.2, -0.15) is 0 Å². The Kier molecular flexibility index (Phi) is 4.09. The number of hydrogen-bond acceptors (Lipinski definition) is 4. The summed E-state index contributed by atoms with van der Waals surface area (Å²) in [4.78, 5) is 26.0. The summed E-state index contributed by atoms with van der Waals surface area (Å²) in [7, 11) is -3.08. The van der Waals surface area contributed by atoms with Crippen molar-refractivity contribution in [1.29, 1.82) is 0 Å². The molecule has 6 nitrogen and oxygen atoms in total. The van der Waals surface area contributed by atoms with Crippen molar-refractivity contribution in [3.63, 3.8) is 0 Å². The molecule has 0 radical (unpaired) electrons. The fourth-order valence-electron chi connectivity index (χ4n) is 2.97. The third-order valence-corrected chi connectivity index (χ3v) is 5.73. The van der Waals surface area contributed by atoms with Crippen LogP contribution in [0.25, 0.3) is 0 Å². The third kappa shape index (κ3) is 2.97. The fraction of sp³-hybridized carbons (Fsp3) is 0.846. The minimum atomic E-state index is -3.08. The Bertz CT molecular complexity index is 514. The Morgan fingerprint density at radius 3 is 2.50 bits per heavy atom. The number of piperazine rings is 1. The molecule has 2 fully saturated rings. The predicted octanol–water partition coefficient (Wildman–Crippen LogP) is -0.0649. The maximum Gasteiger partial charge on any atom is 0.246 e. The second-order valence-corrected chi connectivity index (χ2v) is 8.40. The number of nitrogens with zero attached hydrogens (tertiary/aromatic N) is 1. The van der Waals surface area contributed by atoms with Crippen LogP contribution in [0.5, 0.6) is 0 Å². The van der Waals surface area contributed by atoms with Crippen molar-refractivity contribution in [1.82, 2.24) is 10.2 Å². The molecule has 2 amide bonds. The van der Waals surface area contributed by atoms with Crippen LogP contribution < -0.4 is 5.32 Å². The maximum atomic E-state index is 12.5. The van der Waals surface area contributed by atoms with Crippen LogP contribution in [0.2, 0.25) is 0 Å². The molecule has 114 valence electrons. The molecular formula is C13H22N2O4S. The smallest absolute Gasteiger partial charge is 0.246 e. The van der Waals surface area contributed by atoms with Crippen molar-refractivity contribution in [2.24, 2.45) is 5.92 Å². The van der Waals surface area contributed by atoms with Crippen molar-refractivity contribution in [3.8, 4) is 0 Å². The summed E-state index contributed by atoms with van der Waals surface area (Å²) < 4.78 is 23.2. The Morgan fingerprint density at radius 1 is 1.35 bits per heavy atom. The molecule has 2 aliphatic rings. The monoisotopic (exact) mass is 302 g/mol. The molecule has 1 N–H and O–H groups in total. The van der Waals surface area contributed by atoms with Crippen molar-refractivity contribution in [2.45, 2.75) is 51.7 Å². The van der Waals surface area contributed by atoms with E-state index in [0.29, 0.717) is 12.8 Å². The van der Waals surface area contributed by atoms with Crippen molar-refractivity contribution >= 4 is 21.7 Å². The molecule has 2 rings (SSSR count). The van der Waals surface area contributed by atoms with Crippen LogP contribution in [-0.4, -0.2) is 54.8 Å². The molecule has 0 aromatic heterocycles. The van der Waals surface area contributed by atoms with E-state index in [1.165, 1.54) is 4.90 Å². The first-order valence-corrected chi connectivity index (χ1v) is 8.86. The zero-order valence-corrected chi connectivity index (χ0v) is 12.9. The van der Waals surface area contributed by atoms with E-state index in [2.05, 4.69) is 5.32 Å². The molecule has 2 aliphatic heterocycles. The molecule has 0 saturated carbocycles. The number of nitrogens with one attached hydrogen (secondary N) is 1. The van der Waals surface area contributed by atoms with Crippen LogP contribution in [0.1, 0.15) is 33.6 Å². The predicted molar refractivity (Wildman–Crippen MR) is 74.8 cm³/mol. The number of sulfone groups is 1. The van der Waals surface area contributed by atoms with Gasteiger partial charge < -0.3 is 10.2 Å². The molecule has 20 heavy (non-hydrogen) atoms. The average Bonchev–Trinajstić information content (AvgIpc) is 2.66. The van der Waals surface area contributed by atoms with Gasteiger partial charge in [0.05, 0.1) is 11.5 Å². The van der Waals surface area contributed by atoms with Gasteiger partial charge in [-0.3, -0.25) is 9.59 Å².